The molecule has 0 saturated carbocycles. The summed E-state index contributed by atoms with van der Waals surface area (Å²) in [6.07, 6.45) is 0.578. The summed E-state index contributed by atoms with van der Waals surface area (Å²) in [5, 5.41) is 1.81. The van der Waals surface area contributed by atoms with E-state index in [0.717, 1.165) is 5.56 Å². The van der Waals surface area contributed by atoms with Crippen molar-refractivity contribution in [3.63, 3.8) is 0 Å². The summed E-state index contributed by atoms with van der Waals surface area (Å²) in [7, 11) is 0. The molecule has 2 amide bonds. The second-order valence-electron chi connectivity index (χ2n) is 5.13. The molecular formula is C15H21N3O3. The summed E-state index contributed by atoms with van der Waals surface area (Å²) in [6, 6.07) is 9.57. The molecule has 1 unspecified atom stereocenters. The molecule has 0 aromatic heterocycles. The minimum atomic E-state index is -0.492. The molecule has 0 spiro atoms. The Kier molecular flexibility index (Phi) is 5.71. The standard InChI is InChI=1S/C15H21N3O3/c16-15(20)13(10-12-4-2-1-3-5-12)11-14(19)17-18-6-8-21-9-7-18/h1-5,13H,6-11H2,(H2,16,20)(H,17,19). The van der Waals surface area contributed by atoms with Crippen molar-refractivity contribution in [3.8, 4) is 0 Å². The van der Waals surface area contributed by atoms with E-state index in [1.54, 1.807) is 0 Å². The van der Waals surface area contributed by atoms with E-state index < -0.39 is 11.8 Å². The number of ether oxygens (including phenoxy) is 1. The van der Waals surface area contributed by atoms with Crippen LogP contribution in [0.3, 0.4) is 0 Å². The molecule has 0 bridgehead atoms. The van der Waals surface area contributed by atoms with E-state index in [1.807, 2.05) is 35.3 Å². The van der Waals surface area contributed by atoms with E-state index in [0.29, 0.717) is 32.7 Å². The molecular weight excluding hydrogens is 270 g/mol. The number of carbonyl (C=O) groups is 2. The van der Waals surface area contributed by atoms with Crippen LogP contribution in [-0.4, -0.2) is 43.1 Å². The molecule has 1 saturated heterocycles. The fourth-order valence-electron chi connectivity index (χ4n) is 2.29. The van der Waals surface area contributed by atoms with Crippen LogP contribution < -0.4 is 11.2 Å². The third-order valence-electron chi connectivity index (χ3n) is 3.45. The number of morpholine rings is 1. The molecule has 6 nitrogen and oxygen atoms in total. The van der Waals surface area contributed by atoms with Crippen molar-refractivity contribution in [1.82, 2.24) is 10.4 Å². The Morgan fingerprint density at radius 3 is 2.52 bits per heavy atom. The van der Waals surface area contributed by atoms with Gasteiger partial charge >= 0.3 is 0 Å². The lowest BCUT2D eigenvalue weighted by atomic mass is 9.95. The van der Waals surface area contributed by atoms with E-state index in [-0.39, 0.29) is 12.3 Å². The first-order valence-electron chi connectivity index (χ1n) is 7.10. The summed E-state index contributed by atoms with van der Waals surface area (Å²) in [6.45, 7) is 2.52. The van der Waals surface area contributed by atoms with Gasteiger partial charge in [-0.15, -0.1) is 0 Å². The number of hydrazine groups is 1. The number of hydrogen-bond acceptors (Lipinski definition) is 4. The SMILES string of the molecule is NC(=O)C(CC(=O)NN1CCOCC1)Cc1ccccc1. The Morgan fingerprint density at radius 2 is 1.90 bits per heavy atom. The summed E-state index contributed by atoms with van der Waals surface area (Å²) < 4.78 is 5.21. The predicted octanol–water partition coefficient (Wildman–Crippen LogP) is 0.0841. The van der Waals surface area contributed by atoms with Crippen LogP contribution in [0.5, 0.6) is 0 Å². The molecule has 1 fully saturated rings. The minimum Gasteiger partial charge on any atom is -0.379 e. The van der Waals surface area contributed by atoms with Crippen LogP contribution in [0.2, 0.25) is 0 Å². The minimum absolute atomic E-state index is 0.0988. The van der Waals surface area contributed by atoms with Gasteiger partial charge in [0.15, 0.2) is 0 Å². The Morgan fingerprint density at radius 1 is 1.24 bits per heavy atom. The van der Waals surface area contributed by atoms with E-state index in [4.69, 9.17) is 10.5 Å². The first kappa shape index (κ1) is 15.5. The smallest absolute Gasteiger partial charge is 0.235 e. The lowest BCUT2D eigenvalue weighted by Crippen LogP contribution is -2.49. The van der Waals surface area contributed by atoms with E-state index in [9.17, 15) is 9.59 Å². The van der Waals surface area contributed by atoms with Crippen molar-refractivity contribution in [1.29, 1.82) is 0 Å². The molecule has 1 aromatic rings. The summed E-state index contributed by atoms with van der Waals surface area (Å²) in [5.74, 6) is -1.12. The third kappa shape index (κ3) is 5.17. The molecule has 0 radical (unpaired) electrons. The Balaban J connectivity index is 1.86. The van der Waals surface area contributed by atoms with Crippen molar-refractivity contribution in [2.24, 2.45) is 11.7 Å². The van der Waals surface area contributed by atoms with Crippen molar-refractivity contribution < 1.29 is 14.3 Å². The molecule has 6 heteroatoms. The van der Waals surface area contributed by atoms with E-state index in [2.05, 4.69) is 5.43 Å². The van der Waals surface area contributed by atoms with Gasteiger partial charge in [-0.25, -0.2) is 5.01 Å². The maximum atomic E-state index is 12.0. The third-order valence-corrected chi connectivity index (χ3v) is 3.45. The molecule has 114 valence electrons. The van der Waals surface area contributed by atoms with Crippen LogP contribution in [0.4, 0.5) is 0 Å². The first-order valence-corrected chi connectivity index (χ1v) is 7.10. The van der Waals surface area contributed by atoms with Crippen LogP contribution in [0.25, 0.3) is 0 Å². The second-order valence-corrected chi connectivity index (χ2v) is 5.13. The zero-order valence-corrected chi connectivity index (χ0v) is 12.0. The van der Waals surface area contributed by atoms with Gasteiger partial charge in [0.2, 0.25) is 11.8 Å². The number of nitrogens with zero attached hydrogens (tertiary/aromatic N) is 1. The number of primary amides is 1. The van der Waals surface area contributed by atoms with Gasteiger partial charge in [-0.05, 0) is 12.0 Å². The van der Waals surface area contributed by atoms with Crippen molar-refractivity contribution in [3.05, 3.63) is 35.9 Å². The van der Waals surface area contributed by atoms with Gasteiger partial charge < -0.3 is 10.5 Å². The molecule has 21 heavy (non-hydrogen) atoms. The summed E-state index contributed by atoms with van der Waals surface area (Å²) in [5.41, 5.74) is 9.21. The van der Waals surface area contributed by atoms with Crippen molar-refractivity contribution >= 4 is 11.8 Å². The largest absolute Gasteiger partial charge is 0.379 e. The maximum absolute atomic E-state index is 12.0. The van der Waals surface area contributed by atoms with E-state index >= 15 is 0 Å². The average molecular weight is 291 g/mol. The van der Waals surface area contributed by atoms with Crippen molar-refractivity contribution in [2.45, 2.75) is 12.8 Å². The molecule has 1 heterocycles. The fraction of sp³-hybridized carbons (Fsp3) is 0.467. The number of benzene rings is 1. The number of carbonyl (C=O) groups excluding carboxylic acids is 2. The van der Waals surface area contributed by atoms with Gasteiger partial charge in [-0.3, -0.25) is 15.0 Å². The fourth-order valence-corrected chi connectivity index (χ4v) is 2.29. The number of hydrogen-bond donors (Lipinski definition) is 2. The van der Waals surface area contributed by atoms with Crippen LogP contribution in [0.1, 0.15) is 12.0 Å². The van der Waals surface area contributed by atoms with Gasteiger partial charge in [0.25, 0.3) is 0 Å². The highest BCUT2D eigenvalue weighted by molar-refractivity contribution is 5.84. The average Bonchev–Trinajstić information content (AvgIpc) is 2.48. The first-order chi connectivity index (χ1) is 10.1. The van der Waals surface area contributed by atoms with Crippen LogP contribution in [-0.2, 0) is 20.7 Å². The summed E-state index contributed by atoms with van der Waals surface area (Å²) >= 11 is 0. The zero-order chi connectivity index (χ0) is 15.1. The number of nitrogens with two attached hydrogens (primary N) is 1. The number of rotatable bonds is 6. The Hall–Kier alpha value is -1.92. The van der Waals surface area contributed by atoms with Gasteiger partial charge in [-0.2, -0.15) is 0 Å². The normalized spacial score (nSPS) is 17.1. The summed E-state index contributed by atoms with van der Waals surface area (Å²) in [4.78, 5) is 23.6. The lowest BCUT2D eigenvalue weighted by molar-refractivity contribution is -0.132. The maximum Gasteiger partial charge on any atom is 0.235 e. The topological polar surface area (TPSA) is 84.7 Å². The Labute approximate surface area is 124 Å². The number of nitrogens with one attached hydrogen (secondary N) is 1. The van der Waals surface area contributed by atoms with Crippen molar-refractivity contribution in [2.75, 3.05) is 26.3 Å². The predicted molar refractivity (Wildman–Crippen MR) is 78.0 cm³/mol. The molecule has 0 aliphatic carbocycles. The van der Waals surface area contributed by atoms with Crippen LogP contribution in [0.15, 0.2) is 30.3 Å². The molecule has 1 aliphatic heterocycles. The highest BCUT2D eigenvalue weighted by atomic mass is 16.5. The van der Waals surface area contributed by atoms with Gasteiger partial charge in [0.05, 0.1) is 19.1 Å². The van der Waals surface area contributed by atoms with Gasteiger partial charge in [0.1, 0.15) is 0 Å². The van der Waals surface area contributed by atoms with Gasteiger partial charge in [-0.1, -0.05) is 30.3 Å². The second kappa shape index (κ2) is 7.75. The molecule has 1 aliphatic rings. The monoisotopic (exact) mass is 291 g/mol. The highest BCUT2D eigenvalue weighted by Gasteiger charge is 2.21. The molecule has 3 N–H and O–H groups in total. The van der Waals surface area contributed by atoms with Crippen LogP contribution >= 0.6 is 0 Å². The van der Waals surface area contributed by atoms with E-state index in [1.165, 1.54) is 0 Å². The molecule has 1 aromatic carbocycles. The zero-order valence-electron chi connectivity index (χ0n) is 12.0. The highest BCUT2D eigenvalue weighted by Crippen LogP contribution is 2.12. The number of amides is 2. The molecule has 2 rings (SSSR count). The molecule has 1 atom stereocenters. The van der Waals surface area contributed by atoms with Gasteiger partial charge in [0, 0.05) is 19.5 Å². The van der Waals surface area contributed by atoms with Crippen LogP contribution in [0, 0.1) is 5.92 Å². The lowest BCUT2D eigenvalue weighted by Gasteiger charge is -2.27. The Bertz CT molecular complexity index is 472. The quantitative estimate of drug-likeness (QED) is 0.777.